The van der Waals surface area contributed by atoms with E-state index in [0.717, 1.165) is 10.8 Å². The molecule has 6 nitrogen and oxygen atoms in total. The lowest BCUT2D eigenvalue weighted by atomic mass is 9.76. The molecular weight excluding hydrogens is 343 g/mol. The van der Waals surface area contributed by atoms with Crippen LogP contribution in [0.2, 0.25) is 0 Å². The number of hydrogen-bond acceptors (Lipinski definition) is 4. The summed E-state index contributed by atoms with van der Waals surface area (Å²) >= 11 is 0. The van der Waals surface area contributed by atoms with Gasteiger partial charge in [-0.3, -0.25) is 9.59 Å². The number of fused-ring (bicyclic) bond motifs is 1. The topological polar surface area (TPSA) is 90.6 Å². The molecule has 1 aliphatic heterocycles. The van der Waals surface area contributed by atoms with Crippen molar-refractivity contribution in [2.24, 2.45) is 5.73 Å². The Hall–Kier alpha value is -2.38. The molecule has 1 saturated heterocycles. The highest BCUT2D eigenvalue weighted by Gasteiger charge is 2.54. The fourth-order valence-corrected chi connectivity index (χ4v) is 3.07. The molecule has 2 aromatic rings. The predicted octanol–water partition coefficient (Wildman–Crippen LogP) is 2.45. The Bertz CT molecular complexity index is 865. The van der Waals surface area contributed by atoms with Crippen molar-refractivity contribution in [2.45, 2.75) is 51.3 Å². The molecule has 0 bridgehead atoms. The molecule has 0 spiro atoms. The van der Waals surface area contributed by atoms with Crippen LogP contribution in [0.25, 0.3) is 10.8 Å². The van der Waals surface area contributed by atoms with E-state index in [1.807, 2.05) is 64.1 Å². The van der Waals surface area contributed by atoms with Crippen molar-refractivity contribution in [3.63, 3.8) is 0 Å². The number of primary amides is 1. The number of nitrogens with two attached hydrogens (primary N) is 1. The van der Waals surface area contributed by atoms with Gasteiger partial charge in [-0.1, -0.05) is 30.3 Å². The highest BCUT2D eigenvalue weighted by Crippen LogP contribution is 2.37. The quantitative estimate of drug-likeness (QED) is 0.794. The van der Waals surface area contributed by atoms with Gasteiger partial charge in [0.05, 0.1) is 17.1 Å². The first-order chi connectivity index (χ1) is 12.6. The highest BCUT2D eigenvalue weighted by molar-refractivity contribution is 6.48. The summed E-state index contributed by atoms with van der Waals surface area (Å²) in [7, 11) is -0.757. The largest absolute Gasteiger partial charge is 0.482 e. The van der Waals surface area contributed by atoms with Crippen molar-refractivity contribution in [3.8, 4) is 0 Å². The van der Waals surface area contributed by atoms with Crippen molar-refractivity contribution in [1.29, 1.82) is 0 Å². The smallest absolute Gasteiger partial charge is 0.402 e. The molecule has 0 aromatic heterocycles. The molecular formula is C20H25BN2O4. The maximum absolute atomic E-state index is 12.8. The average molecular weight is 368 g/mol. The molecule has 7 heteroatoms. The summed E-state index contributed by atoms with van der Waals surface area (Å²) in [5, 5.41) is 4.87. The first kappa shape index (κ1) is 19.4. The first-order valence-electron chi connectivity index (χ1n) is 9.03. The predicted molar refractivity (Wildman–Crippen MR) is 105 cm³/mol. The number of rotatable bonds is 5. The van der Waals surface area contributed by atoms with E-state index in [4.69, 9.17) is 15.0 Å². The third kappa shape index (κ3) is 3.99. The minimum atomic E-state index is -0.757. The molecule has 1 fully saturated rings. The third-order valence-electron chi connectivity index (χ3n) is 5.35. The lowest BCUT2D eigenvalue weighted by Crippen LogP contribution is -2.50. The number of carbonyl (C=O) groups is 2. The zero-order chi connectivity index (χ0) is 19.8. The minimum absolute atomic E-state index is 0.0733. The van der Waals surface area contributed by atoms with Crippen molar-refractivity contribution < 1.29 is 18.9 Å². The molecule has 0 saturated carbocycles. The maximum Gasteiger partial charge on any atom is 0.482 e. The number of carbonyl (C=O) groups excluding carboxylic acids is 2. The van der Waals surface area contributed by atoms with Gasteiger partial charge in [-0.05, 0) is 50.6 Å². The standard InChI is InChI=1S/C20H25BN2O4/c1-19(2)20(3,4)27-21(26-19)16(12-17(22)24)23-18(25)15-10-9-13-7-5-6-8-14(13)11-15/h5-11,16H,12H2,1-4H3,(H2,22,24)(H,23,25)/t16-/m0/s1. The SMILES string of the molecule is CC1(C)OB([C@H](CC(N)=O)NC(=O)c2ccc3ccccc3c2)OC1(C)C. The lowest BCUT2D eigenvalue weighted by Gasteiger charge is -2.32. The van der Waals surface area contributed by atoms with Crippen molar-refractivity contribution >= 4 is 29.7 Å². The van der Waals surface area contributed by atoms with Gasteiger partial charge < -0.3 is 20.4 Å². The monoisotopic (exact) mass is 368 g/mol. The highest BCUT2D eigenvalue weighted by atomic mass is 16.7. The summed E-state index contributed by atoms with van der Waals surface area (Å²) in [6.45, 7) is 7.66. The second kappa shape index (κ2) is 6.98. The van der Waals surface area contributed by atoms with Crippen LogP contribution in [0.4, 0.5) is 0 Å². The van der Waals surface area contributed by atoms with E-state index in [2.05, 4.69) is 5.32 Å². The Morgan fingerprint density at radius 2 is 1.63 bits per heavy atom. The Kier molecular flexibility index (Phi) is 5.01. The van der Waals surface area contributed by atoms with Gasteiger partial charge in [0.1, 0.15) is 0 Å². The Morgan fingerprint density at radius 1 is 1.04 bits per heavy atom. The van der Waals surface area contributed by atoms with Gasteiger partial charge in [0.15, 0.2) is 0 Å². The second-order valence-corrected chi connectivity index (χ2v) is 7.94. The van der Waals surface area contributed by atoms with Crippen LogP contribution < -0.4 is 11.1 Å². The summed E-state index contributed by atoms with van der Waals surface area (Å²) in [6, 6.07) is 13.3. The van der Waals surface area contributed by atoms with Crippen molar-refractivity contribution in [2.75, 3.05) is 0 Å². The summed E-state index contributed by atoms with van der Waals surface area (Å²) in [5.41, 5.74) is 4.75. The van der Waals surface area contributed by atoms with Crippen LogP contribution in [0, 0.1) is 0 Å². The molecule has 2 amide bonds. The summed E-state index contributed by atoms with van der Waals surface area (Å²) in [4.78, 5) is 24.3. The number of hydrogen-bond donors (Lipinski definition) is 2. The lowest BCUT2D eigenvalue weighted by molar-refractivity contribution is -0.118. The number of nitrogens with one attached hydrogen (secondary N) is 1. The molecule has 3 rings (SSSR count). The van der Waals surface area contributed by atoms with Gasteiger partial charge >= 0.3 is 7.12 Å². The van der Waals surface area contributed by atoms with E-state index < -0.39 is 30.2 Å². The minimum Gasteiger partial charge on any atom is -0.402 e. The molecule has 1 heterocycles. The van der Waals surface area contributed by atoms with E-state index in [9.17, 15) is 9.59 Å². The molecule has 0 aliphatic carbocycles. The Morgan fingerprint density at radius 3 is 2.22 bits per heavy atom. The number of benzene rings is 2. The fourth-order valence-electron chi connectivity index (χ4n) is 3.07. The molecule has 27 heavy (non-hydrogen) atoms. The fraction of sp³-hybridized carbons (Fsp3) is 0.400. The Labute approximate surface area is 159 Å². The average Bonchev–Trinajstić information content (AvgIpc) is 2.81. The molecule has 0 unspecified atom stereocenters. The van der Waals surface area contributed by atoms with Crippen LogP contribution in [0.3, 0.4) is 0 Å². The van der Waals surface area contributed by atoms with Crippen LogP contribution >= 0.6 is 0 Å². The molecule has 0 radical (unpaired) electrons. The normalized spacial score (nSPS) is 19.0. The van der Waals surface area contributed by atoms with Crippen LogP contribution in [0.5, 0.6) is 0 Å². The van der Waals surface area contributed by atoms with E-state index in [1.54, 1.807) is 6.07 Å². The van der Waals surface area contributed by atoms with Gasteiger partial charge in [-0.15, -0.1) is 0 Å². The Balaban J connectivity index is 1.81. The van der Waals surface area contributed by atoms with Crippen LogP contribution in [-0.2, 0) is 14.1 Å². The summed E-state index contributed by atoms with van der Waals surface area (Å²) in [5.74, 6) is -1.52. The first-order valence-corrected chi connectivity index (χ1v) is 9.03. The van der Waals surface area contributed by atoms with Crippen LogP contribution in [-0.4, -0.2) is 36.1 Å². The maximum atomic E-state index is 12.8. The van der Waals surface area contributed by atoms with Gasteiger partial charge in [-0.2, -0.15) is 0 Å². The van der Waals surface area contributed by atoms with E-state index >= 15 is 0 Å². The van der Waals surface area contributed by atoms with Crippen LogP contribution in [0.1, 0.15) is 44.5 Å². The van der Waals surface area contributed by atoms with Crippen molar-refractivity contribution in [3.05, 3.63) is 48.0 Å². The molecule has 1 aliphatic rings. The summed E-state index contributed by atoms with van der Waals surface area (Å²) < 4.78 is 12.0. The van der Waals surface area contributed by atoms with Gasteiger partial charge in [-0.25, -0.2) is 0 Å². The second-order valence-electron chi connectivity index (χ2n) is 7.94. The van der Waals surface area contributed by atoms with E-state index in [1.165, 1.54) is 0 Å². The third-order valence-corrected chi connectivity index (χ3v) is 5.35. The van der Waals surface area contributed by atoms with Gasteiger partial charge in [0.2, 0.25) is 5.91 Å². The zero-order valence-corrected chi connectivity index (χ0v) is 16.1. The van der Waals surface area contributed by atoms with Crippen molar-refractivity contribution in [1.82, 2.24) is 5.32 Å². The number of amides is 2. The van der Waals surface area contributed by atoms with Gasteiger partial charge in [0.25, 0.3) is 5.91 Å². The molecule has 1 atom stereocenters. The molecule has 3 N–H and O–H groups in total. The van der Waals surface area contributed by atoms with Gasteiger partial charge in [0, 0.05) is 12.0 Å². The molecule has 2 aromatic carbocycles. The summed E-state index contributed by atoms with van der Waals surface area (Å²) in [6.07, 6.45) is -0.0733. The van der Waals surface area contributed by atoms with E-state index in [0.29, 0.717) is 5.56 Å². The zero-order valence-electron chi connectivity index (χ0n) is 16.1. The van der Waals surface area contributed by atoms with Crippen LogP contribution in [0.15, 0.2) is 42.5 Å². The van der Waals surface area contributed by atoms with E-state index in [-0.39, 0.29) is 12.3 Å². The molecule has 142 valence electrons.